The number of nitrogens with two attached hydrogens (primary N) is 1. The van der Waals surface area contributed by atoms with Gasteiger partial charge >= 0.3 is 0 Å². The first-order chi connectivity index (χ1) is 9.98. The highest BCUT2D eigenvalue weighted by Crippen LogP contribution is 2.21. The quantitative estimate of drug-likeness (QED) is 0.875. The van der Waals surface area contributed by atoms with Crippen LogP contribution in [0.15, 0.2) is 24.3 Å². The van der Waals surface area contributed by atoms with Crippen LogP contribution < -0.4 is 10.5 Å². The average Bonchev–Trinajstić information content (AvgIpc) is 2.45. The third-order valence-electron chi connectivity index (χ3n) is 3.83. The van der Waals surface area contributed by atoms with E-state index < -0.39 is 0 Å². The Bertz CT molecular complexity index is 435. The summed E-state index contributed by atoms with van der Waals surface area (Å²) >= 11 is 0. The van der Waals surface area contributed by atoms with Crippen molar-refractivity contribution in [3.05, 3.63) is 29.8 Å². The topological polar surface area (TPSA) is 47.7 Å². The molecule has 1 aromatic rings. The number of ether oxygens (including phenoxy) is 2. The molecule has 0 spiro atoms. The number of benzene rings is 1. The van der Waals surface area contributed by atoms with Crippen LogP contribution in [0.1, 0.15) is 32.3 Å². The van der Waals surface area contributed by atoms with Crippen molar-refractivity contribution in [2.24, 2.45) is 5.73 Å². The van der Waals surface area contributed by atoms with Crippen LogP contribution in [0, 0.1) is 0 Å². The van der Waals surface area contributed by atoms with Gasteiger partial charge in [-0.05, 0) is 32.8 Å². The average molecular weight is 292 g/mol. The van der Waals surface area contributed by atoms with Gasteiger partial charge in [0, 0.05) is 30.7 Å². The molecule has 0 aromatic heterocycles. The van der Waals surface area contributed by atoms with Crippen molar-refractivity contribution in [2.75, 3.05) is 26.7 Å². The maximum absolute atomic E-state index is 6.08. The van der Waals surface area contributed by atoms with Crippen LogP contribution in [0.4, 0.5) is 0 Å². The highest BCUT2D eigenvalue weighted by atomic mass is 16.5. The maximum atomic E-state index is 6.08. The molecule has 0 aliphatic carbocycles. The largest absolute Gasteiger partial charge is 0.496 e. The summed E-state index contributed by atoms with van der Waals surface area (Å²) in [5, 5.41) is 0. The van der Waals surface area contributed by atoms with E-state index in [4.69, 9.17) is 15.2 Å². The Hall–Kier alpha value is -1.10. The van der Waals surface area contributed by atoms with Gasteiger partial charge in [-0.15, -0.1) is 0 Å². The molecule has 0 atom stereocenters. The third kappa shape index (κ3) is 5.30. The fourth-order valence-electron chi connectivity index (χ4n) is 2.84. The van der Waals surface area contributed by atoms with E-state index in [9.17, 15) is 0 Å². The monoisotopic (exact) mass is 292 g/mol. The van der Waals surface area contributed by atoms with Crippen molar-refractivity contribution in [3.8, 4) is 5.75 Å². The normalized spacial score (nSPS) is 17.9. The fraction of sp³-hybridized carbons (Fsp3) is 0.647. The SMILES string of the molecule is COc1ccccc1COC1CCN(CC(C)(C)N)CC1. The summed E-state index contributed by atoms with van der Waals surface area (Å²) in [6, 6.07) is 8.04. The summed E-state index contributed by atoms with van der Waals surface area (Å²) in [5.41, 5.74) is 7.08. The summed E-state index contributed by atoms with van der Waals surface area (Å²) in [6.45, 7) is 7.87. The molecule has 0 saturated carbocycles. The Morgan fingerprint density at radius 3 is 2.52 bits per heavy atom. The predicted molar refractivity (Wildman–Crippen MR) is 85.5 cm³/mol. The molecule has 0 bridgehead atoms. The summed E-state index contributed by atoms with van der Waals surface area (Å²) in [5.74, 6) is 0.903. The maximum Gasteiger partial charge on any atom is 0.124 e. The Labute approximate surface area is 128 Å². The van der Waals surface area contributed by atoms with E-state index in [1.807, 2.05) is 18.2 Å². The lowest BCUT2D eigenvalue weighted by atomic mass is 10.0. The molecule has 1 saturated heterocycles. The third-order valence-corrected chi connectivity index (χ3v) is 3.83. The Balaban J connectivity index is 1.76. The highest BCUT2D eigenvalue weighted by Gasteiger charge is 2.23. The first-order valence-electron chi connectivity index (χ1n) is 7.73. The summed E-state index contributed by atoms with van der Waals surface area (Å²) in [4.78, 5) is 2.43. The second kappa shape index (κ2) is 7.25. The van der Waals surface area contributed by atoms with Gasteiger partial charge in [0.2, 0.25) is 0 Å². The molecule has 1 aliphatic heterocycles. The zero-order valence-electron chi connectivity index (χ0n) is 13.5. The van der Waals surface area contributed by atoms with Crippen LogP contribution in [0.5, 0.6) is 5.75 Å². The van der Waals surface area contributed by atoms with Crippen LogP contribution in [-0.4, -0.2) is 43.3 Å². The van der Waals surface area contributed by atoms with Gasteiger partial charge in [-0.2, -0.15) is 0 Å². The minimum Gasteiger partial charge on any atom is -0.496 e. The van der Waals surface area contributed by atoms with Gasteiger partial charge in [0.15, 0.2) is 0 Å². The first-order valence-corrected chi connectivity index (χ1v) is 7.73. The van der Waals surface area contributed by atoms with E-state index >= 15 is 0 Å². The molecule has 2 N–H and O–H groups in total. The molecule has 1 aliphatic rings. The molecule has 0 radical (unpaired) electrons. The number of rotatable bonds is 6. The molecule has 0 unspecified atom stereocenters. The second-order valence-corrected chi connectivity index (χ2v) is 6.59. The van der Waals surface area contributed by atoms with Gasteiger partial charge < -0.3 is 20.1 Å². The zero-order valence-corrected chi connectivity index (χ0v) is 13.5. The molecular weight excluding hydrogens is 264 g/mol. The van der Waals surface area contributed by atoms with Crippen LogP contribution in [0.25, 0.3) is 0 Å². The number of likely N-dealkylation sites (tertiary alicyclic amines) is 1. The zero-order chi connectivity index (χ0) is 15.3. The number of methoxy groups -OCH3 is 1. The Kier molecular flexibility index (Phi) is 5.62. The van der Waals surface area contributed by atoms with E-state index in [0.717, 1.165) is 43.8 Å². The van der Waals surface area contributed by atoms with Crippen LogP contribution in [0.3, 0.4) is 0 Å². The number of nitrogens with zero attached hydrogens (tertiary/aromatic N) is 1. The molecular formula is C17H28N2O2. The number of para-hydroxylation sites is 1. The van der Waals surface area contributed by atoms with E-state index in [-0.39, 0.29) is 5.54 Å². The lowest BCUT2D eigenvalue weighted by molar-refractivity contribution is -0.00580. The molecule has 0 amide bonds. The first kappa shape index (κ1) is 16.3. The van der Waals surface area contributed by atoms with Gasteiger partial charge in [-0.3, -0.25) is 0 Å². The fourth-order valence-corrected chi connectivity index (χ4v) is 2.84. The van der Waals surface area contributed by atoms with Gasteiger partial charge in [-0.25, -0.2) is 0 Å². The van der Waals surface area contributed by atoms with Crippen LogP contribution in [-0.2, 0) is 11.3 Å². The molecule has 1 aromatic carbocycles. The molecule has 1 fully saturated rings. The van der Waals surface area contributed by atoms with Crippen molar-refractivity contribution in [3.63, 3.8) is 0 Å². The van der Waals surface area contributed by atoms with E-state index in [2.05, 4.69) is 24.8 Å². The van der Waals surface area contributed by atoms with E-state index in [0.29, 0.717) is 12.7 Å². The summed E-state index contributed by atoms with van der Waals surface area (Å²) < 4.78 is 11.4. The molecule has 118 valence electrons. The van der Waals surface area contributed by atoms with Crippen LogP contribution >= 0.6 is 0 Å². The van der Waals surface area contributed by atoms with Gasteiger partial charge in [0.25, 0.3) is 0 Å². The van der Waals surface area contributed by atoms with Crippen molar-refractivity contribution < 1.29 is 9.47 Å². The molecule has 4 heteroatoms. The highest BCUT2D eigenvalue weighted by molar-refractivity contribution is 5.32. The van der Waals surface area contributed by atoms with Crippen molar-refractivity contribution in [1.82, 2.24) is 4.90 Å². The number of hydrogen-bond donors (Lipinski definition) is 1. The van der Waals surface area contributed by atoms with Crippen molar-refractivity contribution >= 4 is 0 Å². The summed E-state index contributed by atoms with van der Waals surface area (Å²) in [6.07, 6.45) is 2.49. The minimum atomic E-state index is -0.120. The van der Waals surface area contributed by atoms with Crippen molar-refractivity contribution in [1.29, 1.82) is 0 Å². The molecule has 2 rings (SSSR count). The summed E-state index contributed by atoms with van der Waals surface area (Å²) in [7, 11) is 1.70. The standard InChI is InChI=1S/C17H28N2O2/c1-17(2,18)13-19-10-8-15(9-11-19)21-12-14-6-4-5-7-16(14)20-3/h4-7,15H,8-13,18H2,1-3H3. The smallest absolute Gasteiger partial charge is 0.124 e. The lowest BCUT2D eigenvalue weighted by Crippen LogP contribution is -2.48. The molecule has 4 nitrogen and oxygen atoms in total. The minimum absolute atomic E-state index is 0.120. The van der Waals surface area contributed by atoms with Gasteiger partial charge in [0.1, 0.15) is 5.75 Å². The van der Waals surface area contributed by atoms with Crippen molar-refractivity contribution in [2.45, 2.75) is 44.9 Å². The molecule has 21 heavy (non-hydrogen) atoms. The predicted octanol–water partition coefficient (Wildman–Crippen LogP) is 2.41. The van der Waals surface area contributed by atoms with Gasteiger partial charge in [0.05, 0.1) is 19.8 Å². The van der Waals surface area contributed by atoms with Crippen LogP contribution in [0.2, 0.25) is 0 Å². The van der Waals surface area contributed by atoms with E-state index in [1.165, 1.54) is 0 Å². The molecule has 1 heterocycles. The van der Waals surface area contributed by atoms with E-state index in [1.54, 1.807) is 7.11 Å². The Morgan fingerprint density at radius 1 is 1.24 bits per heavy atom. The van der Waals surface area contributed by atoms with Gasteiger partial charge in [-0.1, -0.05) is 18.2 Å². The number of piperidine rings is 1. The lowest BCUT2D eigenvalue weighted by Gasteiger charge is -2.35. The Morgan fingerprint density at radius 2 is 1.90 bits per heavy atom. The number of hydrogen-bond acceptors (Lipinski definition) is 4. The second-order valence-electron chi connectivity index (χ2n) is 6.59.